The summed E-state index contributed by atoms with van der Waals surface area (Å²) in [5.41, 5.74) is 1.01. The standard InChI is InChI=1S/C13H10ClF2NO/c14-10-7-17-4-3-9(10)13(18)6-8-1-2-11(15)12(16)5-8/h1-5,7,13,18H,6H2. The second kappa shape index (κ2) is 5.42. The van der Waals surface area contributed by atoms with Gasteiger partial charge in [-0.15, -0.1) is 0 Å². The third-order valence-electron chi connectivity index (χ3n) is 2.58. The van der Waals surface area contributed by atoms with Gasteiger partial charge in [0.1, 0.15) is 0 Å². The molecule has 18 heavy (non-hydrogen) atoms. The summed E-state index contributed by atoms with van der Waals surface area (Å²) in [6, 6.07) is 5.11. The van der Waals surface area contributed by atoms with Crippen LogP contribution in [0.4, 0.5) is 8.78 Å². The summed E-state index contributed by atoms with van der Waals surface area (Å²) in [6.45, 7) is 0. The highest BCUT2D eigenvalue weighted by molar-refractivity contribution is 6.31. The quantitative estimate of drug-likeness (QED) is 0.927. The number of pyridine rings is 1. The van der Waals surface area contributed by atoms with Crippen molar-refractivity contribution in [2.75, 3.05) is 0 Å². The minimum absolute atomic E-state index is 0.154. The summed E-state index contributed by atoms with van der Waals surface area (Å²) >= 11 is 5.89. The molecule has 2 rings (SSSR count). The van der Waals surface area contributed by atoms with Crippen LogP contribution in [0.15, 0.2) is 36.7 Å². The molecule has 0 fully saturated rings. The fraction of sp³-hybridized carbons (Fsp3) is 0.154. The molecule has 0 bridgehead atoms. The van der Waals surface area contributed by atoms with Gasteiger partial charge in [-0.25, -0.2) is 8.78 Å². The predicted molar refractivity (Wildman–Crippen MR) is 64.3 cm³/mol. The van der Waals surface area contributed by atoms with Gasteiger partial charge in [0.15, 0.2) is 11.6 Å². The van der Waals surface area contributed by atoms with Crippen LogP contribution in [0.1, 0.15) is 17.2 Å². The first kappa shape index (κ1) is 12.9. The number of benzene rings is 1. The molecular weight excluding hydrogens is 260 g/mol. The zero-order valence-corrected chi connectivity index (χ0v) is 10.0. The van der Waals surface area contributed by atoms with E-state index in [-0.39, 0.29) is 6.42 Å². The van der Waals surface area contributed by atoms with Gasteiger partial charge >= 0.3 is 0 Å². The van der Waals surface area contributed by atoms with E-state index in [0.29, 0.717) is 16.1 Å². The lowest BCUT2D eigenvalue weighted by molar-refractivity contribution is 0.178. The van der Waals surface area contributed by atoms with Gasteiger partial charge in [0.05, 0.1) is 11.1 Å². The van der Waals surface area contributed by atoms with E-state index in [1.54, 1.807) is 6.07 Å². The fourth-order valence-corrected chi connectivity index (χ4v) is 1.90. The second-order valence-corrected chi connectivity index (χ2v) is 4.27. The van der Waals surface area contributed by atoms with Crippen molar-refractivity contribution in [2.45, 2.75) is 12.5 Å². The van der Waals surface area contributed by atoms with E-state index in [1.807, 2.05) is 0 Å². The van der Waals surface area contributed by atoms with E-state index in [2.05, 4.69) is 4.98 Å². The first-order chi connectivity index (χ1) is 8.58. The fourth-order valence-electron chi connectivity index (χ4n) is 1.66. The largest absolute Gasteiger partial charge is 0.388 e. The number of aliphatic hydroxyl groups excluding tert-OH is 1. The molecule has 0 radical (unpaired) electrons. The molecule has 5 heteroatoms. The van der Waals surface area contributed by atoms with Crippen LogP contribution >= 0.6 is 11.6 Å². The molecular formula is C13H10ClF2NO. The Labute approximate surface area is 108 Å². The highest BCUT2D eigenvalue weighted by Gasteiger charge is 2.13. The molecule has 1 aromatic heterocycles. The molecule has 1 heterocycles. The maximum atomic E-state index is 13.0. The number of aliphatic hydroxyl groups is 1. The van der Waals surface area contributed by atoms with Crippen molar-refractivity contribution in [3.8, 4) is 0 Å². The lowest BCUT2D eigenvalue weighted by Crippen LogP contribution is -2.03. The van der Waals surface area contributed by atoms with Crippen molar-refractivity contribution in [2.24, 2.45) is 0 Å². The zero-order chi connectivity index (χ0) is 13.1. The van der Waals surface area contributed by atoms with Crippen LogP contribution in [-0.2, 0) is 6.42 Å². The van der Waals surface area contributed by atoms with E-state index >= 15 is 0 Å². The number of halogens is 3. The smallest absolute Gasteiger partial charge is 0.159 e. The zero-order valence-electron chi connectivity index (χ0n) is 9.28. The molecule has 0 saturated carbocycles. The molecule has 0 amide bonds. The molecule has 2 aromatic rings. The van der Waals surface area contributed by atoms with Crippen LogP contribution < -0.4 is 0 Å². The summed E-state index contributed by atoms with van der Waals surface area (Å²) < 4.78 is 25.8. The Kier molecular flexibility index (Phi) is 3.89. The summed E-state index contributed by atoms with van der Waals surface area (Å²) in [6.07, 6.45) is 2.20. The van der Waals surface area contributed by atoms with Gasteiger partial charge in [-0.3, -0.25) is 4.98 Å². The minimum Gasteiger partial charge on any atom is -0.388 e. The average molecular weight is 270 g/mol. The third-order valence-corrected chi connectivity index (χ3v) is 2.89. The van der Waals surface area contributed by atoms with Crippen molar-refractivity contribution in [1.29, 1.82) is 0 Å². The Morgan fingerprint density at radius 1 is 1.22 bits per heavy atom. The normalized spacial score (nSPS) is 12.4. The summed E-state index contributed by atoms with van der Waals surface area (Å²) in [5.74, 6) is -1.84. The number of rotatable bonds is 3. The van der Waals surface area contributed by atoms with Crippen molar-refractivity contribution >= 4 is 11.6 Å². The highest BCUT2D eigenvalue weighted by Crippen LogP contribution is 2.25. The van der Waals surface area contributed by atoms with Gasteiger partial charge < -0.3 is 5.11 Å². The third kappa shape index (κ3) is 2.83. The molecule has 1 unspecified atom stereocenters. The molecule has 2 nitrogen and oxygen atoms in total. The average Bonchev–Trinajstić information content (AvgIpc) is 2.34. The molecule has 1 aromatic carbocycles. The first-order valence-corrected chi connectivity index (χ1v) is 5.67. The highest BCUT2D eigenvalue weighted by atomic mass is 35.5. The van der Waals surface area contributed by atoms with Crippen molar-refractivity contribution in [3.05, 3.63) is 64.4 Å². The number of hydrogen-bond donors (Lipinski definition) is 1. The van der Waals surface area contributed by atoms with Crippen molar-refractivity contribution in [3.63, 3.8) is 0 Å². The Balaban J connectivity index is 2.19. The van der Waals surface area contributed by atoms with Crippen molar-refractivity contribution < 1.29 is 13.9 Å². The van der Waals surface area contributed by atoms with Gasteiger partial charge in [-0.1, -0.05) is 17.7 Å². The monoisotopic (exact) mass is 269 g/mol. The maximum Gasteiger partial charge on any atom is 0.159 e. The summed E-state index contributed by atoms with van der Waals surface area (Å²) in [7, 11) is 0. The van der Waals surface area contributed by atoms with Gasteiger partial charge in [-0.05, 0) is 23.8 Å². The van der Waals surface area contributed by atoms with Crippen LogP contribution in [0.25, 0.3) is 0 Å². The molecule has 0 saturated heterocycles. The van der Waals surface area contributed by atoms with Crippen LogP contribution in [0.3, 0.4) is 0 Å². The van der Waals surface area contributed by atoms with E-state index in [4.69, 9.17) is 11.6 Å². The molecule has 1 N–H and O–H groups in total. The number of nitrogens with zero attached hydrogens (tertiary/aromatic N) is 1. The van der Waals surface area contributed by atoms with Gasteiger partial charge in [0, 0.05) is 24.4 Å². The number of hydrogen-bond acceptors (Lipinski definition) is 2. The molecule has 94 valence electrons. The van der Waals surface area contributed by atoms with Crippen LogP contribution in [0.5, 0.6) is 0 Å². The SMILES string of the molecule is OC(Cc1ccc(F)c(F)c1)c1ccncc1Cl. The first-order valence-electron chi connectivity index (χ1n) is 5.29. The maximum absolute atomic E-state index is 13.0. The molecule has 1 atom stereocenters. The molecule has 0 aliphatic rings. The Hall–Kier alpha value is -1.52. The Bertz CT molecular complexity index is 562. The van der Waals surface area contributed by atoms with Gasteiger partial charge in [-0.2, -0.15) is 0 Å². The van der Waals surface area contributed by atoms with Crippen molar-refractivity contribution in [1.82, 2.24) is 4.98 Å². The van der Waals surface area contributed by atoms with E-state index < -0.39 is 17.7 Å². The van der Waals surface area contributed by atoms with E-state index in [1.165, 1.54) is 18.5 Å². The number of aromatic nitrogens is 1. The topological polar surface area (TPSA) is 33.1 Å². The second-order valence-electron chi connectivity index (χ2n) is 3.87. The summed E-state index contributed by atoms with van der Waals surface area (Å²) in [5, 5.41) is 10.3. The lowest BCUT2D eigenvalue weighted by Gasteiger charge is -2.12. The predicted octanol–water partition coefficient (Wildman–Crippen LogP) is 3.29. The molecule has 0 aliphatic heterocycles. The molecule has 0 spiro atoms. The minimum atomic E-state index is -0.930. The van der Waals surface area contributed by atoms with Crippen LogP contribution in [0, 0.1) is 11.6 Å². The summed E-state index contributed by atoms with van der Waals surface area (Å²) in [4.78, 5) is 3.81. The molecule has 0 aliphatic carbocycles. The van der Waals surface area contributed by atoms with E-state index in [0.717, 1.165) is 12.1 Å². The Morgan fingerprint density at radius 3 is 2.67 bits per heavy atom. The van der Waals surface area contributed by atoms with Crippen LogP contribution in [-0.4, -0.2) is 10.1 Å². The van der Waals surface area contributed by atoms with Gasteiger partial charge in [0.2, 0.25) is 0 Å². The van der Waals surface area contributed by atoms with Gasteiger partial charge in [0.25, 0.3) is 0 Å². The van der Waals surface area contributed by atoms with E-state index in [9.17, 15) is 13.9 Å². The Morgan fingerprint density at radius 2 is 2.00 bits per heavy atom. The lowest BCUT2D eigenvalue weighted by atomic mass is 10.0. The van der Waals surface area contributed by atoms with Crippen LogP contribution in [0.2, 0.25) is 5.02 Å².